The van der Waals surface area contributed by atoms with Crippen LogP contribution in [-0.2, 0) is 20.5 Å². The summed E-state index contributed by atoms with van der Waals surface area (Å²) >= 11 is 0. The maximum atomic E-state index is 15.5. The number of benzene rings is 2. The number of nitrogens with zero attached hydrogens (tertiary/aromatic N) is 2. The molecule has 1 aliphatic carbocycles. The van der Waals surface area contributed by atoms with E-state index in [1.807, 2.05) is 26.0 Å². The highest BCUT2D eigenvalue weighted by Crippen LogP contribution is 2.53. The van der Waals surface area contributed by atoms with Crippen molar-refractivity contribution in [2.45, 2.75) is 50.2 Å². The van der Waals surface area contributed by atoms with Gasteiger partial charge >= 0.3 is 5.97 Å². The number of fused-ring (bicyclic) bond motifs is 2. The van der Waals surface area contributed by atoms with E-state index in [1.54, 1.807) is 47.5 Å². The zero-order valence-corrected chi connectivity index (χ0v) is 21.3. The molecule has 194 valence electrons. The van der Waals surface area contributed by atoms with Gasteiger partial charge < -0.3 is 15.0 Å². The maximum absolute atomic E-state index is 15.5. The number of carbonyl (C=O) groups is 3. The summed E-state index contributed by atoms with van der Waals surface area (Å²) in [5.41, 5.74) is 1.62. The molecule has 3 aliphatic rings. The van der Waals surface area contributed by atoms with Gasteiger partial charge in [-0.1, -0.05) is 36.4 Å². The number of ether oxygens (including phenoxy) is 1. The highest BCUT2D eigenvalue weighted by molar-refractivity contribution is 5.96. The first kappa shape index (κ1) is 24.3. The van der Waals surface area contributed by atoms with Gasteiger partial charge in [-0.15, -0.1) is 0 Å². The summed E-state index contributed by atoms with van der Waals surface area (Å²) in [6, 6.07) is 15.6. The third-order valence-electron chi connectivity index (χ3n) is 7.84. The number of nitrogens with one attached hydrogen (secondary N) is 1. The second-order valence-corrected chi connectivity index (χ2v) is 10.7. The number of esters is 1. The van der Waals surface area contributed by atoms with E-state index in [2.05, 4.69) is 10.3 Å². The minimum atomic E-state index is -0.896. The predicted molar refractivity (Wildman–Crippen MR) is 138 cm³/mol. The molecule has 0 bridgehead atoms. The molecule has 2 aliphatic heterocycles. The third-order valence-corrected chi connectivity index (χ3v) is 7.84. The Morgan fingerprint density at radius 3 is 2.47 bits per heavy atom. The molecule has 0 unspecified atom stereocenters. The third kappa shape index (κ3) is 3.86. The normalized spacial score (nSPS) is 20.9. The Bertz CT molecular complexity index is 1460. The van der Waals surface area contributed by atoms with Crippen molar-refractivity contribution in [3.05, 3.63) is 89.0 Å². The minimum Gasteiger partial charge on any atom is -0.449 e. The Hall–Kier alpha value is -4.07. The van der Waals surface area contributed by atoms with Crippen molar-refractivity contribution in [3.8, 4) is 11.1 Å². The van der Waals surface area contributed by atoms with Crippen LogP contribution in [0.1, 0.15) is 65.1 Å². The number of halogens is 1. The molecule has 38 heavy (non-hydrogen) atoms. The molecule has 1 N–H and O–H groups in total. The van der Waals surface area contributed by atoms with E-state index in [0.29, 0.717) is 53.8 Å². The zero-order chi connectivity index (χ0) is 26.7. The van der Waals surface area contributed by atoms with Gasteiger partial charge in [0.05, 0.1) is 17.5 Å². The van der Waals surface area contributed by atoms with Crippen LogP contribution in [0.4, 0.5) is 4.39 Å². The molecule has 2 fully saturated rings. The fourth-order valence-corrected chi connectivity index (χ4v) is 5.75. The quantitative estimate of drug-likeness (QED) is 0.513. The van der Waals surface area contributed by atoms with Gasteiger partial charge in [0.15, 0.2) is 5.60 Å². The SMILES string of the molecule is CC(C)NC(=O)c1ccc(-c2ccc(C3(C(=O)N4CC[C@@]5(C4)OC(=O)c4ccccc45)CC3)c(F)c2)cn1. The molecule has 6 rings (SSSR count). The minimum absolute atomic E-state index is 0.00171. The first-order valence-electron chi connectivity index (χ1n) is 12.9. The van der Waals surface area contributed by atoms with Crippen molar-refractivity contribution in [3.63, 3.8) is 0 Å². The largest absolute Gasteiger partial charge is 0.449 e. The summed E-state index contributed by atoms with van der Waals surface area (Å²) in [6.07, 6.45) is 3.22. The van der Waals surface area contributed by atoms with Gasteiger partial charge in [-0.3, -0.25) is 14.6 Å². The monoisotopic (exact) mass is 513 g/mol. The molecule has 3 aromatic rings. The number of hydrogen-bond donors (Lipinski definition) is 1. The van der Waals surface area contributed by atoms with Crippen LogP contribution in [0.5, 0.6) is 0 Å². The van der Waals surface area contributed by atoms with Gasteiger partial charge in [0.25, 0.3) is 5.91 Å². The molecule has 2 amide bonds. The van der Waals surface area contributed by atoms with Gasteiger partial charge in [-0.25, -0.2) is 9.18 Å². The van der Waals surface area contributed by atoms with Gasteiger partial charge in [0.2, 0.25) is 5.91 Å². The van der Waals surface area contributed by atoms with Crippen molar-refractivity contribution in [1.82, 2.24) is 15.2 Å². The standard InChI is InChI=1S/C30H28FN3O4/c1-18(2)33-26(35)25-10-8-20(16-32-25)19-7-9-23(24(31)15-19)29(11-12-29)28(37)34-14-13-30(17-34)22-6-4-3-5-21(22)27(36)38-30/h3-10,15-16,18H,11-14,17H2,1-2H3,(H,33,35)/t30-/m0/s1. The Kier molecular flexibility index (Phi) is 5.59. The summed E-state index contributed by atoms with van der Waals surface area (Å²) in [5.74, 6) is -1.19. The molecule has 1 saturated carbocycles. The van der Waals surface area contributed by atoms with E-state index in [0.717, 1.165) is 5.56 Å². The van der Waals surface area contributed by atoms with E-state index in [9.17, 15) is 14.4 Å². The molecule has 2 aromatic carbocycles. The van der Waals surface area contributed by atoms with Gasteiger partial charge in [-0.2, -0.15) is 0 Å². The first-order valence-corrected chi connectivity index (χ1v) is 12.9. The van der Waals surface area contributed by atoms with Gasteiger partial charge in [-0.05, 0) is 50.5 Å². The Morgan fingerprint density at radius 2 is 1.79 bits per heavy atom. The van der Waals surface area contributed by atoms with Crippen LogP contribution >= 0.6 is 0 Å². The Labute approximate surface area is 220 Å². The molecule has 0 radical (unpaired) electrons. The fraction of sp³-hybridized carbons (Fsp3) is 0.333. The molecule has 7 nitrogen and oxygen atoms in total. The predicted octanol–water partition coefficient (Wildman–Crippen LogP) is 4.36. The lowest BCUT2D eigenvalue weighted by Crippen LogP contribution is -2.40. The topological polar surface area (TPSA) is 88.6 Å². The van der Waals surface area contributed by atoms with Crippen LogP contribution in [-0.4, -0.2) is 46.8 Å². The van der Waals surface area contributed by atoms with Crippen molar-refractivity contribution in [2.24, 2.45) is 0 Å². The molecule has 1 spiro atoms. The zero-order valence-electron chi connectivity index (χ0n) is 21.3. The molecule has 8 heteroatoms. The number of amides is 2. The van der Waals surface area contributed by atoms with Crippen molar-refractivity contribution in [1.29, 1.82) is 0 Å². The van der Waals surface area contributed by atoms with Crippen molar-refractivity contribution < 1.29 is 23.5 Å². The summed E-state index contributed by atoms with van der Waals surface area (Å²) in [5, 5.41) is 2.79. The lowest BCUT2D eigenvalue weighted by molar-refractivity contribution is -0.134. The maximum Gasteiger partial charge on any atom is 0.339 e. The number of aromatic nitrogens is 1. The first-order chi connectivity index (χ1) is 18.2. The fourth-order valence-electron chi connectivity index (χ4n) is 5.75. The number of carbonyl (C=O) groups excluding carboxylic acids is 3. The highest BCUT2D eigenvalue weighted by Gasteiger charge is 2.58. The van der Waals surface area contributed by atoms with E-state index in [4.69, 9.17) is 4.74 Å². The highest BCUT2D eigenvalue weighted by atomic mass is 19.1. The van der Waals surface area contributed by atoms with E-state index in [1.165, 1.54) is 6.07 Å². The van der Waals surface area contributed by atoms with Crippen LogP contribution in [0.2, 0.25) is 0 Å². The van der Waals surface area contributed by atoms with E-state index >= 15 is 4.39 Å². The molecular formula is C30H28FN3O4. The van der Waals surface area contributed by atoms with Crippen LogP contribution in [0.15, 0.2) is 60.8 Å². The number of hydrogen-bond acceptors (Lipinski definition) is 5. The van der Waals surface area contributed by atoms with Crippen LogP contribution < -0.4 is 5.32 Å². The number of rotatable bonds is 5. The molecular weight excluding hydrogens is 485 g/mol. The summed E-state index contributed by atoms with van der Waals surface area (Å²) in [6.45, 7) is 4.47. The van der Waals surface area contributed by atoms with Crippen molar-refractivity contribution >= 4 is 17.8 Å². The summed E-state index contributed by atoms with van der Waals surface area (Å²) in [7, 11) is 0. The van der Waals surface area contributed by atoms with Crippen molar-refractivity contribution in [2.75, 3.05) is 13.1 Å². The van der Waals surface area contributed by atoms with Crippen LogP contribution in [0, 0.1) is 5.82 Å². The Balaban J connectivity index is 1.21. The summed E-state index contributed by atoms with van der Waals surface area (Å²) < 4.78 is 21.3. The molecule has 1 aromatic heterocycles. The molecule has 3 heterocycles. The lowest BCUT2D eigenvalue weighted by atomic mass is 9.90. The van der Waals surface area contributed by atoms with Crippen LogP contribution in [0.3, 0.4) is 0 Å². The molecule has 1 atom stereocenters. The lowest BCUT2D eigenvalue weighted by Gasteiger charge is -2.27. The van der Waals surface area contributed by atoms with E-state index in [-0.39, 0.29) is 30.4 Å². The second-order valence-electron chi connectivity index (χ2n) is 10.7. The number of pyridine rings is 1. The van der Waals surface area contributed by atoms with Gasteiger partial charge in [0.1, 0.15) is 11.5 Å². The molecule has 1 saturated heterocycles. The van der Waals surface area contributed by atoms with Crippen LogP contribution in [0.25, 0.3) is 11.1 Å². The van der Waals surface area contributed by atoms with E-state index < -0.39 is 16.8 Å². The van der Waals surface area contributed by atoms with Gasteiger partial charge in [0, 0.05) is 41.9 Å². The average molecular weight is 514 g/mol. The summed E-state index contributed by atoms with van der Waals surface area (Å²) in [4.78, 5) is 44.2. The average Bonchev–Trinajstić information content (AvgIpc) is 3.53. The second kappa shape index (κ2) is 8.75. The Morgan fingerprint density at radius 1 is 1.03 bits per heavy atom. The number of likely N-dealkylation sites (tertiary alicyclic amines) is 1. The smallest absolute Gasteiger partial charge is 0.339 e.